The van der Waals surface area contributed by atoms with Crippen molar-refractivity contribution in [2.45, 2.75) is 25.8 Å². The molecule has 0 N–H and O–H groups in total. The molecule has 2 aromatic heterocycles. The zero-order valence-electron chi connectivity index (χ0n) is 14.0. The predicted molar refractivity (Wildman–Crippen MR) is 94.9 cm³/mol. The summed E-state index contributed by atoms with van der Waals surface area (Å²) < 4.78 is 1.80. The number of aromatic nitrogens is 3. The van der Waals surface area contributed by atoms with Gasteiger partial charge in [-0.1, -0.05) is 12.1 Å². The molecule has 4 rings (SSSR count). The molecular formula is C19H16N4O3. The van der Waals surface area contributed by atoms with Gasteiger partial charge in [-0.3, -0.25) is 24.6 Å². The summed E-state index contributed by atoms with van der Waals surface area (Å²) in [6.45, 7) is 0.499. The zero-order chi connectivity index (χ0) is 18.1. The molecular weight excluding hydrogens is 332 g/mol. The van der Waals surface area contributed by atoms with Crippen molar-refractivity contribution in [3.8, 4) is 11.3 Å². The van der Waals surface area contributed by atoms with E-state index in [-0.39, 0.29) is 11.5 Å². The van der Waals surface area contributed by atoms with Crippen molar-refractivity contribution in [2.75, 3.05) is 0 Å². The van der Waals surface area contributed by atoms with E-state index in [0.29, 0.717) is 29.8 Å². The maximum Gasteiger partial charge on any atom is 0.278 e. The maximum atomic E-state index is 12.6. The second-order valence-electron chi connectivity index (χ2n) is 6.23. The number of benzene rings is 1. The van der Waals surface area contributed by atoms with E-state index in [9.17, 15) is 14.9 Å². The van der Waals surface area contributed by atoms with Crippen LogP contribution in [0.3, 0.4) is 0 Å². The third-order valence-corrected chi connectivity index (χ3v) is 4.59. The van der Waals surface area contributed by atoms with Crippen LogP contribution in [0.25, 0.3) is 11.3 Å². The Morgan fingerprint density at radius 3 is 2.65 bits per heavy atom. The van der Waals surface area contributed by atoms with Crippen molar-refractivity contribution < 1.29 is 9.72 Å². The number of fused-ring (bicyclic) bond motifs is 1. The number of rotatable bonds is 4. The quantitative estimate of drug-likeness (QED) is 0.532. The third-order valence-electron chi connectivity index (χ3n) is 4.59. The fourth-order valence-electron chi connectivity index (χ4n) is 3.40. The van der Waals surface area contributed by atoms with Gasteiger partial charge in [0.05, 0.1) is 28.3 Å². The smallest absolute Gasteiger partial charge is 0.278 e. The summed E-state index contributed by atoms with van der Waals surface area (Å²) in [5.74, 6) is 0.000351. The van der Waals surface area contributed by atoms with Crippen LogP contribution in [0.4, 0.5) is 5.69 Å². The minimum absolute atomic E-state index is 0.000351. The van der Waals surface area contributed by atoms with E-state index >= 15 is 0 Å². The van der Waals surface area contributed by atoms with Gasteiger partial charge in [-0.05, 0) is 36.6 Å². The number of Topliss-reactive ketones (excluding diaryl/α,β-unsaturated/α-hetero) is 1. The summed E-state index contributed by atoms with van der Waals surface area (Å²) in [6.07, 6.45) is 5.37. The number of hydrogen-bond acceptors (Lipinski definition) is 5. The Morgan fingerprint density at radius 1 is 1.12 bits per heavy atom. The molecule has 7 nitrogen and oxygen atoms in total. The van der Waals surface area contributed by atoms with E-state index < -0.39 is 4.92 Å². The Bertz CT molecular complexity index is 995. The number of nitro groups is 1. The molecule has 0 bridgehead atoms. The highest BCUT2D eigenvalue weighted by atomic mass is 16.6. The number of pyridine rings is 1. The monoisotopic (exact) mass is 348 g/mol. The summed E-state index contributed by atoms with van der Waals surface area (Å²) >= 11 is 0. The number of hydrogen-bond donors (Lipinski definition) is 0. The third kappa shape index (κ3) is 2.77. The summed E-state index contributed by atoms with van der Waals surface area (Å²) in [5.41, 5.74) is 3.15. The molecule has 0 saturated carbocycles. The highest BCUT2D eigenvalue weighted by Crippen LogP contribution is 2.36. The van der Waals surface area contributed by atoms with E-state index in [1.54, 1.807) is 35.3 Å². The van der Waals surface area contributed by atoms with Gasteiger partial charge >= 0.3 is 0 Å². The van der Waals surface area contributed by atoms with Crippen LogP contribution in [0, 0.1) is 10.1 Å². The molecule has 0 amide bonds. The van der Waals surface area contributed by atoms with Crippen molar-refractivity contribution in [2.24, 2.45) is 0 Å². The fourth-order valence-corrected chi connectivity index (χ4v) is 3.40. The first kappa shape index (κ1) is 16.1. The van der Waals surface area contributed by atoms with Crippen molar-refractivity contribution in [3.05, 3.63) is 75.7 Å². The molecule has 0 atom stereocenters. The van der Waals surface area contributed by atoms with E-state index in [4.69, 9.17) is 0 Å². The standard InChI is InChI=1S/C19H16N4O3/c24-17-7-3-6-16-18(17)19(14-4-1-2-5-15(14)23(25)26)21-22(16)12-13-8-10-20-11-9-13/h1-2,4-5,8-11H,3,6-7,12H2. The van der Waals surface area contributed by atoms with Crippen LogP contribution in [-0.4, -0.2) is 25.5 Å². The van der Waals surface area contributed by atoms with E-state index in [0.717, 1.165) is 24.1 Å². The Balaban J connectivity index is 1.88. The lowest BCUT2D eigenvalue weighted by Crippen LogP contribution is -2.14. The largest absolute Gasteiger partial charge is 0.294 e. The molecule has 1 aliphatic rings. The summed E-state index contributed by atoms with van der Waals surface area (Å²) in [6, 6.07) is 10.2. The maximum absolute atomic E-state index is 12.6. The molecule has 0 fully saturated rings. The molecule has 0 radical (unpaired) electrons. The summed E-state index contributed by atoms with van der Waals surface area (Å²) in [5, 5.41) is 16.0. The van der Waals surface area contributed by atoms with Crippen molar-refractivity contribution in [1.29, 1.82) is 0 Å². The average Bonchev–Trinajstić information content (AvgIpc) is 3.02. The summed E-state index contributed by atoms with van der Waals surface area (Å²) in [4.78, 5) is 27.6. The van der Waals surface area contributed by atoms with Crippen LogP contribution in [0.2, 0.25) is 0 Å². The Morgan fingerprint density at radius 2 is 1.88 bits per heavy atom. The van der Waals surface area contributed by atoms with E-state index in [1.807, 2.05) is 12.1 Å². The molecule has 26 heavy (non-hydrogen) atoms. The highest BCUT2D eigenvalue weighted by molar-refractivity contribution is 6.04. The molecule has 7 heteroatoms. The molecule has 130 valence electrons. The topological polar surface area (TPSA) is 90.9 Å². The number of carbonyl (C=O) groups is 1. The van der Waals surface area contributed by atoms with Gasteiger partial charge in [0.15, 0.2) is 5.78 Å². The lowest BCUT2D eigenvalue weighted by molar-refractivity contribution is -0.384. The number of para-hydroxylation sites is 1. The number of carbonyl (C=O) groups excluding carboxylic acids is 1. The van der Waals surface area contributed by atoms with Crippen LogP contribution >= 0.6 is 0 Å². The zero-order valence-corrected chi connectivity index (χ0v) is 14.0. The molecule has 1 aliphatic carbocycles. The lowest BCUT2D eigenvalue weighted by Gasteiger charge is -2.13. The average molecular weight is 348 g/mol. The predicted octanol–water partition coefficient (Wildman–Crippen LogP) is 3.42. The molecule has 0 saturated heterocycles. The lowest BCUT2D eigenvalue weighted by atomic mass is 9.92. The molecule has 3 aromatic rings. The Hall–Kier alpha value is -3.35. The van der Waals surface area contributed by atoms with Crippen LogP contribution in [0.5, 0.6) is 0 Å². The highest BCUT2D eigenvalue weighted by Gasteiger charge is 2.30. The van der Waals surface area contributed by atoms with Crippen LogP contribution in [0.1, 0.15) is 34.5 Å². The Kier molecular flexibility index (Phi) is 4.04. The van der Waals surface area contributed by atoms with Crippen molar-refractivity contribution in [3.63, 3.8) is 0 Å². The van der Waals surface area contributed by atoms with Gasteiger partial charge in [0.1, 0.15) is 5.69 Å². The number of ketones is 1. The first-order chi connectivity index (χ1) is 12.6. The van der Waals surface area contributed by atoms with Crippen LogP contribution in [-0.2, 0) is 13.0 Å². The SMILES string of the molecule is O=C1CCCc2c1c(-c1ccccc1[N+](=O)[O-])nn2Cc1ccncc1. The van der Waals surface area contributed by atoms with Gasteiger partial charge in [0, 0.05) is 24.9 Å². The number of nitro benzene ring substituents is 1. The minimum Gasteiger partial charge on any atom is -0.294 e. The normalized spacial score (nSPS) is 13.5. The Labute approximate surface area is 149 Å². The first-order valence-corrected chi connectivity index (χ1v) is 8.40. The van der Waals surface area contributed by atoms with Gasteiger partial charge in [0.25, 0.3) is 5.69 Å². The second-order valence-corrected chi connectivity index (χ2v) is 6.23. The van der Waals surface area contributed by atoms with Gasteiger partial charge < -0.3 is 0 Å². The molecule has 0 unspecified atom stereocenters. The van der Waals surface area contributed by atoms with Crippen molar-refractivity contribution in [1.82, 2.24) is 14.8 Å². The van der Waals surface area contributed by atoms with Gasteiger partial charge in [-0.15, -0.1) is 0 Å². The van der Waals surface area contributed by atoms with Gasteiger partial charge in [0.2, 0.25) is 0 Å². The van der Waals surface area contributed by atoms with E-state index in [2.05, 4.69) is 10.1 Å². The minimum atomic E-state index is -0.434. The van der Waals surface area contributed by atoms with Gasteiger partial charge in [-0.25, -0.2) is 0 Å². The van der Waals surface area contributed by atoms with Crippen molar-refractivity contribution >= 4 is 11.5 Å². The van der Waals surface area contributed by atoms with Crippen LogP contribution < -0.4 is 0 Å². The molecule has 1 aromatic carbocycles. The molecule has 2 heterocycles. The van der Waals surface area contributed by atoms with E-state index in [1.165, 1.54) is 6.07 Å². The summed E-state index contributed by atoms with van der Waals surface area (Å²) in [7, 11) is 0. The number of nitrogens with zero attached hydrogens (tertiary/aromatic N) is 4. The second kappa shape index (κ2) is 6.51. The first-order valence-electron chi connectivity index (χ1n) is 8.40. The molecule has 0 spiro atoms. The van der Waals surface area contributed by atoms with Crippen LogP contribution in [0.15, 0.2) is 48.8 Å². The molecule has 0 aliphatic heterocycles. The van der Waals surface area contributed by atoms with Gasteiger partial charge in [-0.2, -0.15) is 5.10 Å². The fraction of sp³-hybridized carbons (Fsp3) is 0.211.